The third kappa shape index (κ3) is 1.75. The lowest BCUT2D eigenvalue weighted by molar-refractivity contribution is 0.835. The van der Waals surface area contributed by atoms with Crippen molar-refractivity contribution in [3.8, 4) is 0 Å². The summed E-state index contributed by atoms with van der Waals surface area (Å²) in [6.45, 7) is 6.13. The molecule has 0 fully saturated rings. The van der Waals surface area contributed by atoms with Crippen molar-refractivity contribution in [2.45, 2.75) is 13.8 Å². The molecule has 2 rings (SSSR count). The number of imidazole rings is 1. The number of aromatic amines is 1. The Bertz CT molecular complexity index is 457. The summed E-state index contributed by atoms with van der Waals surface area (Å²) in [5.41, 5.74) is 8.44. The van der Waals surface area contributed by atoms with Crippen molar-refractivity contribution in [1.29, 1.82) is 0 Å². The lowest BCUT2D eigenvalue weighted by atomic mass is 10.3. The van der Waals surface area contributed by atoms with Crippen molar-refractivity contribution >= 4 is 22.7 Å². The van der Waals surface area contributed by atoms with Gasteiger partial charge in [0.1, 0.15) is 0 Å². The first-order valence-corrected chi connectivity index (χ1v) is 5.24. The number of benzene rings is 1. The first kappa shape index (κ1) is 9.83. The van der Waals surface area contributed by atoms with Gasteiger partial charge in [-0.25, -0.2) is 4.98 Å². The number of rotatable bonds is 3. The molecule has 0 saturated carbocycles. The van der Waals surface area contributed by atoms with E-state index in [0.29, 0.717) is 0 Å². The van der Waals surface area contributed by atoms with E-state index < -0.39 is 0 Å². The SMILES string of the molecule is CCN(CC)c1nc2ccc(N)cc2[nH]1. The molecule has 0 radical (unpaired) electrons. The van der Waals surface area contributed by atoms with E-state index in [1.54, 1.807) is 0 Å². The summed E-state index contributed by atoms with van der Waals surface area (Å²) < 4.78 is 0. The van der Waals surface area contributed by atoms with Crippen LogP contribution in [-0.4, -0.2) is 23.1 Å². The van der Waals surface area contributed by atoms with E-state index in [9.17, 15) is 0 Å². The van der Waals surface area contributed by atoms with Crippen molar-refractivity contribution < 1.29 is 0 Å². The van der Waals surface area contributed by atoms with Crippen molar-refractivity contribution in [3.05, 3.63) is 18.2 Å². The Kier molecular flexibility index (Phi) is 2.49. The van der Waals surface area contributed by atoms with Gasteiger partial charge in [0.05, 0.1) is 11.0 Å². The highest BCUT2D eigenvalue weighted by Gasteiger charge is 2.07. The fraction of sp³-hybridized carbons (Fsp3) is 0.364. The number of H-pyrrole nitrogens is 1. The Hall–Kier alpha value is -1.71. The molecule has 4 heteroatoms. The van der Waals surface area contributed by atoms with Gasteiger partial charge in [0.2, 0.25) is 5.95 Å². The van der Waals surface area contributed by atoms with Crippen LogP contribution in [0.25, 0.3) is 11.0 Å². The van der Waals surface area contributed by atoms with E-state index in [1.165, 1.54) is 0 Å². The number of hydrogen-bond donors (Lipinski definition) is 2. The van der Waals surface area contributed by atoms with E-state index >= 15 is 0 Å². The van der Waals surface area contributed by atoms with Gasteiger partial charge in [-0.15, -0.1) is 0 Å². The van der Waals surface area contributed by atoms with Crippen LogP contribution in [0.4, 0.5) is 11.6 Å². The molecule has 1 aromatic heterocycles. The predicted octanol–water partition coefficient (Wildman–Crippen LogP) is 1.99. The fourth-order valence-corrected chi connectivity index (χ4v) is 1.69. The van der Waals surface area contributed by atoms with E-state index in [1.807, 2.05) is 18.2 Å². The second kappa shape index (κ2) is 3.81. The van der Waals surface area contributed by atoms with Crippen LogP contribution in [0, 0.1) is 0 Å². The van der Waals surface area contributed by atoms with Gasteiger partial charge in [-0.2, -0.15) is 0 Å². The number of nitrogens with zero attached hydrogens (tertiary/aromatic N) is 2. The van der Waals surface area contributed by atoms with Gasteiger partial charge in [0.15, 0.2) is 0 Å². The third-order valence-electron chi connectivity index (χ3n) is 2.56. The molecule has 15 heavy (non-hydrogen) atoms. The molecule has 3 N–H and O–H groups in total. The van der Waals surface area contributed by atoms with Gasteiger partial charge in [-0.3, -0.25) is 0 Å². The van der Waals surface area contributed by atoms with Crippen molar-refractivity contribution in [2.75, 3.05) is 23.7 Å². The summed E-state index contributed by atoms with van der Waals surface area (Å²) in [6, 6.07) is 5.72. The maximum absolute atomic E-state index is 5.71. The molecule has 0 unspecified atom stereocenters. The van der Waals surface area contributed by atoms with Crippen molar-refractivity contribution in [2.24, 2.45) is 0 Å². The Balaban J connectivity index is 2.46. The molecule has 4 nitrogen and oxygen atoms in total. The van der Waals surface area contributed by atoms with E-state index in [2.05, 4.69) is 28.7 Å². The molecular formula is C11H16N4. The van der Waals surface area contributed by atoms with E-state index in [-0.39, 0.29) is 0 Å². The number of nitrogen functional groups attached to an aromatic ring is 1. The van der Waals surface area contributed by atoms with Gasteiger partial charge in [0.25, 0.3) is 0 Å². The van der Waals surface area contributed by atoms with Gasteiger partial charge in [0, 0.05) is 18.8 Å². The molecule has 0 spiro atoms. The van der Waals surface area contributed by atoms with Crippen LogP contribution in [0.3, 0.4) is 0 Å². The van der Waals surface area contributed by atoms with Crippen LogP contribution >= 0.6 is 0 Å². The molecule has 0 bridgehead atoms. The normalized spacial score (nSPS) is 10.8. The predicted molar refractivity (Wildman–Crippen MR) is 64.1 cm³/mol. The van der Waals surface area contributed by atoms with Crippen molar-refractivity contribution in [3.63, 3.8) is 0 Å². The number of nitrogens with two attached hydrogens (primary N) is 1. The summed E-state index contributed by atoms with van der Waals surface area (Å²) in [5, 5.41) is 0. The Morgan fingerprint density at radius 3 is 2.73 bits per heavy atom. The molecule has 1 aromatic carbocycles. The maximum atomic E-state index is 5.71. The monoisotopic (exact) mass is 204 g/mol. The molecule has 1 heterocycles. The number of aromatic nitrogens is 2. The van der Waals surface area contributed by atoms with Gasteiger partial charge in [-0.1, -0.05) is 0 Å². The Morgan fingerprint density at radius 1 is 1.33 bits per heavy atom. The quantitative estimate of drug-likeness (QED) is 0.752. The van der Waals surface area contributed by atoms with Crippen LogP contribution in [0.2, 0.25) is 0 Å². The Labute approximate surface area is 89.1 Å². The number of anilines is 2. The van der Waals surface area contributed by atoms with Gasteiger partial charge >= 0.3 is 0 Å². The summed E-state index contributed by atoms with van der Waals surface area (Å²) in [4.78, 5) is 9.96. The molecule has 0 aliphatic carbocycles. The number of hydrogen-bond acceptors (Lipinski definition) is 3. The summed E-state index contributed by atoms with van der Waals surface area (Å²) in [5.74, 6) is 0.917. The molecule has 0 aliphatic rings. The topological polar surface area (TPSA) is 57.9 Å². The second-order valence-corrected chi connectivity index (χ2v) is 3.51. The van der Waals surface area contributed by atoms with E-state index in [4.69, 9.17) is 5.73 Å². The smallest absolute Gasteiger partial charge is 0.203 e. The average molecular weight is 204 g/mol. The first-order chi connectivity index (χ1) is 7.24. The zero-order valence-electron chi connectivity index (χ0n) is 9.12. The zero-order chi connectivity index (χ0) is 10.8. The molecule has 2 aromatic rings. The third-order valence-corrected chi connectivity index (χ3v) is 2.56. The maximum Gasteiger partial charge on any atom is 0.203 e. The summed E-state index contributed by atoms with van der Waals surface area (Å²) in [7, 11) is 0. The average Bonchev–Trinajstić information content (AvgIpc) is 2.62. The highest BCUT2D eigenvalue weighted by molar-refractivity contribution is 5.80. The minimum Gasteiger partial charge on any atom is -0.399 e. The Morgan fingerprint density at radius 2 is 2.07 bits per heavy atom. The molecular weight excluding hydrogens is 188 g/mol. The van der Waals surface area contributed by atoms with Crippen LogP contribution in [-0.2, 0) is 0 Å². The van der Waals surface area contributed by atoms with Crippen molar-refractivity contribution in [1.82, 2.24) is 9.97 Å². The molecule has 80 valence electrons. The lowest BCUT2D eigenvalue weighted by Crippen LogP contribution is -2.22. The molecule has 0 aliphatic heterocycles. The van der Waals surface area contributed by atoms with Crippen LogP contribution in [0.1, 0.15) is 13.8 Å². The number of nitrogens with one attached hydrogen (secondary N) is 1. The van der Waals surface area contributed by atoms with Gasteiger partial charge < -0.3 is 15.6 Å². The van der Waals surface area contributed by atoms with Crippen LogP contribution < -0.4 is 10.6 Å². The molecule has 0 saturated heterocycles. The standard InChI is InChI=1S/C11H16N4/c1-3-15(4-2)11-13-9-6-5-8(12)7-10(9)14-11/h5-7H,3-4,12H2,1-2H3,(H,13,14). The molecule has 0 atom stereocenters. The summed E-state index contributed by atoms with van der Waals surface area (Å²) >= 11 is 0. The molecule has 0 amide bonds. The van der Waals surface area contributed by atoms with Crippen LogP contribution in [0.15, 0.2) is 18.2 Å². The lowest BCUT2D eigenvalue weighted by Gasteiger charge is -2.16. The largest absolute Gasteiger partial charge is 0.399 e. The van der Waals surface area contributed by atoms with E-state index in [0.717, 1.165) is 35.8 Å². The number of fused-ring (bicyclic) bond motifs is 1. The highest BCUT2D eigenvalue weighted by atomic mass is 15.2. The van der Waals surface area contributed by atoms with Crippen LogP contribution in [0.5, 0.6) is 0 Å². The van der Waals surface area contributed by atoms with Gasteiger partial charge in [-0.05, 0) is 32.0 Å². The highest BCUT2D eigenvalue weighted by Crippen LogP contribution is 2.19. The fourth-order valence-electron chi connectivity index (χ4n) is 1.69. The summed E-state index contributed by atoms with van der Waals surface area (Å²) in [6.07, 6.45) is 0. The first-order valence-electron chi connectivity index (χ1n) is 5.24. The second-order valence-electron chi connectivity index (χ2n) is 3.51. The minimum absolute atomic E-state index is 0.761. The zero-order valence-corrected chi connectivity index (χ0v) is 9.12. The minimum atomic E-state index is 0.761.